The van der Waals surface area contributed by atoms with Crippen LogP contribution in [0, 0.1) is 0 Å². The average molecular weight is 271 g/mol. The summed E-state index contributed by atoms with van der Waals surface area (Å²) in [5.41, 5.74) is 0.808. The zero-order valence-corrected chi connectivity index (χ0v) is 10.9. The van der Waals surface area contributed by atoms with Crippen molar-refractivity contribution in [3.05, 3.63) is 34.9 Å². The molecule has 0 aliphatic heterocycles. The normalized spacial score (nSPS) is 10.1. The Bertz CT molecular complexity index is 417. The van der Waals surface area contributed by atoms with E-state index in [9.17, 15) is 9.59 Å². The Labute approximate surface area is 111 Å². The summed E-state index contributed by atoms with van der Waals surface area (Å²) >= 11 is 5.93. The van der Waals surface area contributed by atoms with Gasteiger partial charge in [0.25, 0.3) is 0 Å². The predicted octanol–water partition coefficient (Wildman–Crippen LogP) is 2.38. The third-order valence-corrected chi connectivity index (χ3v) is 2.49. The van der Waals surface area contributed by atoms with Crippen LogP contribution < -0.4 is 0 Å². The van der Waals surface area contributed by atoms with Crippen LogP contribution in [0.25, 0.3) is 0 Å². The first-order valence-corrected chi connectivity index (χ1v) is 5.99. The largest absolute Gasteiger partial charge is 0.466 e. The van der Waals surface area contributed by atoms with Crippen molar-refractivity contribution in [2.24, 2.45) is 0 Å². The molecule has 0 amide bonds. The molecule has 0 spiro atoms. The molecule has 98 valence electrons. The number of esters is 1. The van der Waals surface area contributed by atoms with Crippen molar-refractivity contribution in [1.29, 1.82) is 0 Å². The maximum absolute atomic E-state index is 11.3. The third kappa shape index (κ3) is 5.29. The van der Waals surface area contributed by atoms with Crippen molar-refractivity contribution in [3.63, 3.8) is 0 Å². The summed E-state index contributed by atoms with van der Waals surface area (Å²) in [5.74, 6) is -0.829. The highest BCUT2D eigenvalue weighted by molar-refractivity contribution is 6.31. The lowest BCUT2D eigenvalue weighted by Gasteiger charge is -2.05. The minimum absolute atomic E-state index is 0.121. The van der Waals surface area contributed by atoms with Crippen molar-refractivity contribution in [2.75, 3.05) is 13.2 Å². The van der Waals surface area contributed by atoms with Crippen LogP contribution in [0.15, 0.2) is 24.3 Å². The Morgan fingerprint density at radius 3 is 2.67 bits per heavy atom. The lowest BCUT2D eigenvalue weighted by molar-refractivity contribution is -0.146. The highest BCUT2D eigenvalue weighted by atomic mass is 35.5. The Morgan fingerprint density at radius 2 is 2.00 bits per heavy atom. The molecule has 18 heavy (non-hydrogen) atoms. The number of rotatable bonds is 7. The molecule has 1 rings (SSSR count). The zero-order valence-electron chi connectivity index (χ0n) is 10.1. The first kappa shape index (κ1) is 14.7. The Morgan fingerprint density at radius 1 is 1.28 bits per heavy atom. The molecule has 1 aromatic carbocycles. The van der Waals surface area contributed by atoms with E-state index in [-0.39, 0.29) is 32.0 Å². The molecule has 0 atom stereocenters. The molecule has 0 aromatic heterocycles. The predicted molar refractivity (Wildman–Crippen MR) is 67.4 cm³/mol. The van der Waals surface area contributed by atoms with Crippen LogP contribution >= 0.6 is 11.6 Å². The second-order valence-corrected chi connectivity index (χ2v) is 4.01. The van der Waals surface area contributed by atoms with Crippen molar-refractivity contribution < 1.29 is 19.1 Å². The summed E-state index contributed by atoms with van der Waals surface area (Å²) in [7, 11) is 0. The lowest BCUT2D eigenvalue weighted by atomic mass is 10.2. The van der Waals surface area contributed by atoms with Crippen LogP contribution in [0.2, 0.25) is 5.02 Å². The van der Waals surface area contributed by atoms with Crippen LogP contribution in [0.1, 0.15) is 18.9 Å². The summed E-state index contributed by atoms with van der Waals surface area (Å²) in [4.78, 5) is 22.4. The maximum Gasteiger partial charge on any atom is 0.313 e. The number of hydrogen-bond donors (Lipinski definition) is 0. The van der Waals surface area contributed by atoms with Crippen LogP contribution in [0.4, 0.5) is 0 Å². The summed E-state index contributed by atoms with van der Waals surface area (Å²) in [6.07, 6.45) is -0.254. The zero-order chi connectivity index (χ0) is 13.4. The van der Waals surface area contributed by atoms with Gasteiger partial charge in [0.1, 0.15) is 13.0 Å². The number of ketones is 1. The Hall–Kier alpha value is -1.39. The average Bonchev–Trinajstić information content (AvgIpc) is 2.31. The van der Waals surface area contributed by atoms with Gasteiger partial charge in [0, 0.05) is 5.02 Å². The van der Waals surface area contributed by atoms with E-state index >= 15 is 0 Å². The van der Waals surface area contributed by atoms with Crippen molar-refractivity contribution >= 4 is 23.4 Å². The molecule has 0 heterocycles. The summed E-state index contributed by atoms with van der Waals surface area (Å²) < 4.78 is 9.86. The molecule has 0 bridgehead atoms. The van der Waals surface area contributed by atoms with E-state index in [1.807, 2.05) is 18.2 Å². The monoisotopic (exact) mass is 270 g/mol. The highest BCUT2D eigenvalue weighted by Gasteiger charge is 2.10. The first-order chi connectivity index (χ1) is 8.63. The molecular formula is C13H15ClO4. The van der Waals surface area contributed by atoms with Crippen LogP contribution in [0.5, 0.6) is 0 Å². The SMILES string of the molecule is CCOC(=O)CC(=O)COCc1ccccc1Cl. The molecule has 0 saturated carbocycles. The molecule has 0 fully saturated rings. The van der Waals surface area contributed by atoms with Gasteiger partial charge < -0.3 is 9.47 Å². The van der Waals surface area contributed by atoms with E-state index in [1.165, 1.54) is 0 Å². The smallest absolute Gasteiger partial charge is 0.313 e. The van der Waals surface area contributed by atoms with E-state index in [1.54, 1.807) is 13.0 Å². The van der Waals surface area contributed by atoms with Gasteiger partial charge in [-0.1, -0.05) is 29.8 Å². The number of benzene rings is 1. The maximum atomic E-state index is 11.3. The second-order valence-electron chi connectivity index (χ2n) is 3.60. The van der Waals surface area contributed by atoms with Gasteiger partial charge in [0.2, 0.25) is 0 Å². The number of hydrogen-bond acceptors (Lipinski definition) is 4. The van der Waals surface area contributed by atoms with Gasteiger partial charge in [0.05, 0.1) is 13.2 Å². The minimum atomic E-state index is -0.524. The fraction of sp³-hybridized carbons (Fsp3) is 0.385. The molecule has 1 aromatic rings. The first-order valence-electron chi connectivity index (χ1n) is 5.62. The van der Waals surface area contributed by atoms with E-state index in [4.69, 9.17) is 16.3 Å². The molecule has 4 nitrogen and oxygen atoms in total. The van der Waals surface area contributed by atoms with Crippen LogP contribution in [-0.2, 0) is 25.7 Å². The van der Waals surface area contributed by atoms with Gasteiger partial charge in [-0.05, 0) is 18.6 Å². The van der Waals surface area contributed by atoms with Gasteiger partial charge in [0.15, 0.2) is 5.78 Å². The van der Waals surface area contributed by atoms with Crippen LogP contribution in [-0.4, -0.2) is 25.0 Å². The Kier molecular flexibility index (Phi) is 6.39. The fourth-order valence-corrected chi connectivity index (χ4v) is 1.50. The van der Waals surface area contributed by atoms with Crippen molar-refractivity contribution in [3.8, 4) is 0 Å². The second kappa shape index (κ2) is 7.84. The Balaban J connectivity index is 2.28. The molecule has 0 unspecified atom stereocenters. The van der Waals surface area contributed by atoms with E-state index in [2.05, 4.69) is 4.74 Å². The van der Waals surface area contributed by atoms with E-state index < -0.39 is 5.97 Å². The molecule has 0 radical (unpaired) electrons. The van der Waals surface area contributed by atoms with Crippen molar-refractivity contribution in [2.45, 2.75) is 20.0 Å². The number of carbonyl (C=O) groups excluding carboxylic acids is 2. The van der Waals surface area contributed by atoms with Gasteiger partial charge in [-0.15, -0.1) is 0 Å². The van der Waals surface area contributed by atoms with Gasteiger partial charge in [-0.3, -0.25) is 9.59 Å². The van der Waals surface area contributed by atoms with E-state index in [0.717, 1.165) is 5.56 Å². The number of Topliss-reactive ketones (excluding diaryl/α,β-unsaturated/α-hetero) is 1. The molecule has 0 aliphatic carbocycles. The molecule has 5 heteroatoms. The topological polar surface area (TPSA) is 52.6 Å². The minimum Gasteiger partial charge on any atom is -0.466 e. The highest BCUT2D eigenvalue weighted by Crippen LogP contribution is 2.15. The standard InChI is InChI=1S/C13H15ClO4/c1-2-18-13(16)7-11(15)9-17-8-10-5-3-4-6-12(10)14/h3-6H,2,7-9H2,1H3. The molecule has 0 saturated heterocycles. The number of halogens is 1. The van der Waals surface area contributed by atoms with Gasteiger partial charge in [-0.2, -0.15) is 0 Å². The quantitative estimate of drug-likeness (QED) is 0.564. The third-order valence-electron chi connectivity index (χ3n) is 2.13. The number of ether oxygens (including phenoxy) is 2. The number of carbonyl (C=O) groups is 2. The van der Waals surface area contributed by atoms with E-state index in [0.29, 0.717) is 5.02 Å². The molecule has 0 aliphatic rings. The summed E-state index contributed by atoms with van der Waals surface area (Å²) in [6.45, 7) is 2.08. The molecular weight excluding hydrogens is 256 g/mol. The summed E-state index contributed by atoms with van der Waals surface area (Å²) in [6, 6.07) is 7.22. The fourth-order valence-electron chi connectivity index (χ4n) is 1.31. The van der Waals surface area contributed by atoms with Crippen LogP contribution in [0.3, 0.4) is 0 Å². The lowest BCUT2D eigenvalue weighted by Crippen LogP contribution is -2.15. The van der Waals surface area contributed by atoms with Crippen molar-refractivity contribution in [1.82, 2.24) is 0 Å². The van der Waals surface area contributed by atoms with Gasteiger partial charge in [-0.25, -0.2) is 0 Å². The van der Waals surface area contributed by atoms with Gasteiger partial charge >= 0.3 is 5.97 Å². The summed E-state index contributed by atoms with van der Waals surface area (Å²) in [5, 5.41) is 0.593. The molecule has 0 N–H and O–H groups in total.